The van der Waals surface area contributed by atoms with E-state index in [0.717, 1.165) is 40.8 Å². The van der Waals surface area contributed by atoms with Gasteiger partial charge in [0.05, 0.1) is 12.1 Å². The number of nitrogens with two attached hydrogens (primary N) is 1. The molecule has 0 aliphatic carbocycles. The van der Waals surface area contributed by atoms with Crippen molar-refractivity contribution in [3.63, 3.8) is 0 Å². The van der Waals surface area contributed by atoms with E-state index in [2.05, 4.69) is 10.6 Å². The van der Waals surface area contributed by atoms with E-state index in [1.54, 1.807) is 12.3 Å². The minimum Gasteiger partial charge on any atom is -0.480 e. The van der Waals surface area contributed by atoms with E-state index in [-0.39, 0.29) is 37.9 Å². The van der Waals surface area contributed by atoms with Crippen LogP contribution in [0.5, 0.6) is 0 Å². The highest BCUT2D eigenvalue weighted by Gasteiger charge is 2.38. The zero-order valence-corrected chi connectivity index (χ0v) is 31.5. The molecule has 16 heteroatoms. The molecule has 4 rings (SSSR count). The Morgan fingerprint density at radius 2 is 1.62 bits per heavy atom. The summed E-state index contributed by atoms with van der Waals surface area (Å²) in [6, 6.07) is 10.9. The monoisotopic (exact) mass is 778 g/mol. The number of halogens is 2. The molecule has 0 saturated heterocycles. The van der Waals surface area contributed by atoms with Crippen molar-refractivity contribution in [2.45, 2.75) is 71.1 Å². The number of imide groups is 1. The minimum absolute atomic E-state index is 0.00451. The van der Waals surface area contributed by atoms with Gasteiger partial charge in [-0.25, -0.2) is 13.6 Å². The molecular weight excluding hydrogens is 730 g/mol. The summed E-state index contributed by atoms with van der Waals surface area (Å²) in [6.07, 6.45) is 4.32. The fourth-order valence-corrected chi connectivity index (χ4v) is 6.53. The summed E-state index contributed by atoms with van der Waals surface area (Å²) in [6.45, 7) is 4.64. The highest BCUT2D eigenvalue weighted by Crippen LogP contribution is 2.41. The normalized spacial score (nSPS) is 14.4. The second kappa shape index (κ2) is 19.2. The number of unbranched alkanes of at least 4 members (excludes halogenated alkanes) is 1. The van der Waals surface area contributed by atoms with Gasteiger partial charge in [0.25, 0.3) is 11.8 Å². The molecule has 0 fully saturated rings. The molecule has 1 aliphatic heterocycles. The summed E-state index contributed by atoms with van der Waals surface area (Å²) in [5, 5.41) is 24.9. The molecule has 6 N–H and O–H groups in total. The first kappa shape index (κ1) is 43.0. The van der Waals surface area contributed by atoms with Crippen LogP contribution in [0.25, 0.3) is 11.1 Å². The Balaban J connectivity index is 1.46. The number of carbonyl (C=O) groups excluding carboxylic acids is 5. The largest absolute Gasteiger partial charge is 0.480 e. The summed E-state index contributed by atoms with van der Waals surface area (Å²) < 4.78 is 31.2. The molecule has 0 saturated carbocycles. The van der Waals surface area contributed by atoms with E-state index < -0.39 is 83.8 Å². The van der Waals surface area contributed by atoms with Crippen LogP contribution in [0.1, 0.15) is 63.8 Å². The zero-order valence-electron chi connectivity index (χ0n) is 31.5. The maximum atomic E-state index is 15.0. The first-order valence-corrected chi connectivity index (χ1v) is 18.2. The van der Waals surface area contributed by atoms with Crippen molar-refractivity contribution in [3.8, 4) is 11.1 Å². The number of benzene rings is 2. The van der Waals surface area contributed by atoms with Crippen LogP contribution in [0.4, 0.5) is 8.78 Å². The number of hydrogen-bond donors (Lipinski definition) is 5. The Bertz CT molecular complexity index is 1930. The Morgan fingerprint density at radius 1 is 0.946 bits per heavy atom. The number of nitrogens with zero attached hydrogens (tertiary/aromatic N) is 3. The predicted octanol–water partition coefficient (Wildman–Crippen LogP) is 2.89. The van der Waals surface area contributed by atoms with E-state index >= 15 is 4.39 Å². The van der Waals surface area contributed by atoms with Gasteiger partial charge >= 0.3 is 5.97 Å². The number of carboxylic acids is 1. The summed E-state index contributed by atoms with van der Waals surface area (Å²) in [7, 11) is 0. The molecule has 2 heterocycles. The first-order valence-electron chi connectivity index (χ1n) is 18.2. The molecule has 5 amide bonds. The number of carbonyl (C=O) groups is 6. The van der Waals surface area contributed by atoms with E-state index in [1.165, 1.54) is 4.90 Å². The van der Waals surface area contributed by atoms with Crippen molar-refractivity contribution < 1.29 is 47.8 Å². The van der Waals surface area contributed by atoms with Gasteiger partial charge in [0, 0.05) is 54.8 Å². The van der Waals surface area contributed by atoms with Crippen molar-refractivity contribution in [3.05, 3.63) is 95.8 Å². The minimum atomic E-state index is -1.31. The average molecular weight is 779 g/mol. The van der Waals surface area contributed by atoms with Crippen LogP contribution in [0.15, 0.2) is 72.9 Å². The molecule has 14 nitrogen and oxygen atoms in total. The second-order valence-electron chi connectivity index (χ2n) is 14.6. The number of carboxylic acid groups (broad SMARTS) is 1. The van der Waals surface area contributed by atoms with Gasteiger partial charge in [-0.15, -0.1) is 0 Å². The Kier molecular flexibility index (Phi) is 14.8. The number of aliphatic carboxylic acids is 1. The lowest BCUT2D eigenvalue weighted by Crippen LogP contribution is -2.50. The van der Waals surface area contributed by atoms with Crippen LogP contribution in [0.3, 0.4) is 0 Å². The molecule has 1 aromatic heterocycles. The molecule has 300 valence electrons. The average Bonchev–Trinajstić information content (AvgIpc) is 3.70. The summed E-state index contributed by atoms with van der Waals surface area (Å²) >= 11 is 0. The summed E-state index contributed by atoms with van der Waals surface area (Å²) in [5.74, 6) is -5.76. The predicted molar refractivity (Wildman–Crippen MR) is 201 cm³/mol. The lowest BCUT2D eigenvalue weighted by molar-refractivity contribution is -0.142. The van der Waals surface area contributed by atoms with Gasteiger partial charge < -0.3 is 36.0 Å². The van der Waals surface area contributed by atoms with Crippen LogP contribution in [0.2, 0.25) is 0 Å². The fourth-order valence-electron chi connectivity index (χ4n) is 6.53. The smallest absolute Gasteiger partial charge is 0.326 e. The van der Waals surface area contributed by atoms with Crippen molar-refractivity contribution in [2.75, 3.05) is 26.2 Å². The molecule has 0 unspecified atom stereocenters. The van der Waals surface area contributed by atoms with Crippen molar-refractivity contribution in [1.29, 1.82) is 0 Å². The third kappa shape index (κ3) is 11.4. The SMILES string of the molecule is CC(C)(C)[C@H](c1cc(-c2cc(F)ccc2F)cn1Cc1ccccc1)N(CC[C@H](N)C(=O)N[C@H](CCCCNC(=O)CN1C(=O)C=CC1=O)C(=O)O)C(=O)CO. The van der Waals surface area contributed by atoms with Gasteiger partial charge in [0.1, 0.15) is 30.8 Å². The molecule has 2 aromatic carbocycles. The van der Waals surface area contributed by atoms with E-state index in [0.29, 0.717) is 24.2 Å². The highest BCUT2D eigenvalue weighted by molar-refractivity contribution is 6.14. The van der Waals surface area contributed by atoms with Gasteiger partial charge in [-0.3, -0.25) is 28.9 Å². The lowest BCUT2D eigenvalue weighted by Gasteiger charge is -2.41. The molecule has 56 heavy (non-hydrogen) atoms. The zero-order chi connectivity index (χ0) is 41.2. The molecule has 1 aliphatic rings. The molecular formula is C40H48F2N6O8. The third-order valence-electron chi connectivity index (χ3n) is 9.31. The van der Waals surface area contributed by atoms with Crippen molar-refractivity contribution in [1.82, 2.24) is 25.0 Å². The maximum absolute atomic E-state index is 15.0. The van der Waals surface area contributed by atoms with Gasteiger partial charge in [-0.05, 0) is 60.9 Å². The topological polar surface area (TPSA) is 204 Å². The number of hydrogen-bond acceptors (Lipinski definition) is 8. The van der Waals surface area contributed by atoms with Crippen molar-refractivity contribution in [2.24, 2.45) is 11.1 Å². The third-order valence-corrected chi connectivity index (χ3v) is 9.31. The number of amides is 5. The Hall–Kier alpha value is -5.74. The van der Waals surface area contributed by atoms with Gasteiger partial charge in [0.2, 0.25) is 17.7 Å². The van der Waals surface area contributed by atoms with Crippen molar-refractivity contribution >= 4 is 35.5 Å². The number of rotatable bonds is 19. The Morgan fingerprint density at radius 3 is 2.25 bits per heavy atom. The fraction of sp³-hybridized carbons (Fsp3) is 0.400. The summed E-state index contributed by atoms with van der Waals surface area (Å²) in [4.78, 5) is 76.2. The number of aromatic nitrogens is 1. The maximum Gasteiger partial charge on any atom is 0.326 e. The summed E-state index contributed by atoms with van der Waals surface area (Å²) in [5.41, 5.74) is 7.37. The molecule has 0 radical (unpaired) electrons. The number of aliphatic hydroxyl groups excluding tert-OH is 1. The molecule has 3 atom stereocenters. The number of nitrogens with one attached hydrogen (secondary N) is 2. The van der Waals surface area contributed by atoms with Gasteiger partial charge in [0.15, 0.2) is 0 Å². The van der Waals surface area contributed by atoms with Crippen LogP contribution < -0.4 is 16.4 Å². The quantitative estimate of drug-likeness (QED) is 0.0896. The molecule has 3 aromatic rings. The Labute approximate surface area is 323 Å². The molecule has 0 bridgehead atoms. The van der Waals surface area contributed by atoms with Crippen LogP contribution >= 0.6 is 0 Å². The molecule has 0 spiro atoms. The van der Waals surface area contributed by atoms with Crippen LogP contribution in [0, 0.1) is 17.0 Å². The highest BCUT2D eigenvalue weighted by atomic mass is 19.1. The van der Waals surface area contributed by atoms with E-state index in [1.807, 2.05) is 55.7 Å². The van der Waals surface area contributed by atoms with Crippen LogP contribution in [-0.2, 0) is 35.3 Å². The second-order valence-corrected chi connectivity index (χ2v) is 14.6. The van der Waals surface area contributed by atoms with E-state index in [4.69, 9.17) is 5.73 Å². The van der Waals surface area contributed by atoms with Crippen LogP contribution in [-0.4, -0.2) is 98.4 Å². The lowest BCUT2D eigenvalue weighted by atomic mass is 9.82. The first-order chi connectivity index (χ1) is 26.5. The standard InChI is InChI=1S/C40H48F2N6O8/c1-40(2,3)37(32-19-26(28-20-27(41)12-13-29(28)42)22-46(32)21-25-9-5-4-6-10-25)47(36(53)24-49)18-16-30(43)38(54)45-31(39(55)56)11-7-8-17-44-33(50)23-48-34(51)14-15-35(48)52/h4-6,9-10,12-15,19-20,22,30-31,37,49H,7-8,11,16-18,21,23-24,43H2,1-3H3,(H,44,50)(H,45,54)(H,55,56)/t30-,31+,37-/m0/s1. The number of aliphatic hydroxyl groups is 1. The van der Waals surface area contributed by atoms with E-state index in [9.17, 15) is 43.4 Å². The van der Waals surface area contributed by atoms with Gasteiger partial charge in [-0.1, -0.05) is 51.1 Å². The van der Waals surface area contributed by atoms with Gasteiger partial charge in [-0.2, -0.15) is 0 Å².